The first-order valence-corrected chi connectivity index (χ1v) is 5.79. The summed E-state index contributed by atoms with van der Waals surface area (Å²) in [7, 11) is 0. The quantitative estimate of drug-likeness (QED) is 0.839. The normalized spacial score (nSPS) is 10.7. The maximum atomic E-state index is 10.5. The van der Waals surface area contributed by atoms with E-state index in [4.69, 9.17) is 5.11 Å². The Morgan fingerprint density at radius 3 is 2.73 bits per heavy atom. The zero-order valence-corrected chi connectivity index (χ0v) is 10.0. The highest BCUT2D eigenvalue weighted by molar-refractivity contribution is 7.13. The zero-order chi connectivity index (χ0) is 11.4. The molecule has 1 aromatic heterocycles. The molecule has 84 valence electrons. The minimum absolute atomic E-state index is 0.150. The fourth-order valence-electron chi connectivity index (χ4n) is 1.26. The van der Waals surface area contributed by atoms with E-state index in [1.165, 1.54) is 0 Å². The summed E-state index contributed by atoms with van der Waals surface area (Å²) in [6, 6.07) is 0.273. The van der Waals surface area contributed by atoms with Crippen LogP contribution in [0.1, 0.15) is 26.0 Å². The van der Waals surface area contributed by atoms with E-state index >= 15 is 0 Å². The Balaban J connectivity index is 2.70. The minimum Gasteiger partial charge on any atom is -0.481 e. The molecule has 0 saturated heterocycles. The van der Waals surface area contributed by atoms with Crippen LogP contribution in [-0.2, 0) is 4.79 Å². The number of carboxylic acid groups (broad SMARTS) is 1. The monoisotopic (exact) mass is 228 g/mol. The summed E-state index contributed by atoms with van der Waals surface area (Å²) in [6.07, 6.45) is 0.150. The predicted octanol–water partition coefficient (Wildman–Crippen LogP) is 2.14. The standard InChI is InChI=1S/C10H16N2O2S/c1-7(2)12(5-4-9(13)14)10-11-8(3)6-15-10/h6-7H,4-5H2,1-3H3,(H,13,14). The van der Waals surface area contributed by atoms with Gasteiger partial charge in [-0.1, -0.05) is 0 Å². The number of nitrogens with zero attached hydrogens (tertiary/aromatic N) is 2. The number of rotatable bonds is 5. The van der Waals surface area contributed by atoms with E-state index in [1.807, 2.05) is 31.1 Å². The molecule has 1 aromatic rings. The van der Waals surface area contributed by atoms with Gasteiger partial charge >= 0.3 is 5.97 Å². The van der Waals surface area contributed by atoms with Crippen molar-refractivity contribution in [3.05, 3.63) is 11.1 Å². The van der Waals surface area contributed by atoms with Crippen molar-refractivity contribution in [2.24, 2.45) is 0 Å². The number of carbonyl (C=O) groups is 1. The second-order valence-corrected chi connectivity index (χ2v) is 4.54. The van der Waals surface area contributed by atoms with E-state index in [1.54, 1.807) is 11.3 Å². The van der Waals surface area contributed by atoms with Crippen LogP contribution >= 0.6 is 11.3 Å². The molecular formula is C10H16N2O2S. The number of thiazole rings is 1. The van der Waals surface area contributed by atoms with Crippen molar-refractivity contribution >= 4 is 22.4 Å². The molecule has 0 radical (unpaired) electrons. The number of aryl methyl sites for hydroxylation is 1. The van der Waals surface area contributed by atoms with Crippen LogP contribution in [0.2, 0.25) is 0 Å². The molecule has 0 fully saturated rings. The molecule has 0 bridgehead atoms. The molecule has 0 atom stereocenters. The molecule has 1 rings (SSSR count). The Morgan fingerprint density at radius 1 is 1.67 bits per heavy atom. The summed E-state index contributed by atoms with van der Waals surface area (Å²) in [5, 5.41) is 11.5. The molecule has 15 heavy (non-hydrogen) atoms. The Kier molecular flexibility index (Phi) is 4.08. The lowest BCUT2D eigenvalue weighted by Crippen LogP contribution is -2.32. The van der Waals surface area contributed by atoms with E-state index in [0.29, 0.717) is 6.54 Å². The lowest BCUT2D eigenvalue weighted by molar-refractivity contribution is -0.136. The summed E-state index contributed by atoms with van der Waals surface area (Å²) in [5.41, 5.74) is 0.982. The molecule has 5 heteroatoms. The maximum Gasteiger partial charge on any atom is 0.305 e. The molecule has 1 heterocycles. The van der Waals surface area contributed by atoms with Crippen LogP contribution in [-0.4, -0.2) is 28.6 Å². The highest BCUT2D eigenvalue weighted by Crippen LogP contribution is 2.22. The first kappa shape index (κ1) is 12.0. The molecule has 0 aliphatic rings. The molecule has 0 spiro atoms. The summed E-state index contributed by atoms with van der Waals surface area (Å²) in [5.74, 6) is -0.770. The predicted molar refractivity (Wildman–Crippen MR) is 61.6 cm³/mol. The summed E-state index contributed by atoms with van der Waals surface area (Å²) < 4.78 is 0. The summed E-state index contributed by atoms with van der Waals surface area (Å²) >= 11 is 1.56. The average molecular weight is 228 g/mol. The van der Waals surface area contributed by atoms with Crippen LogP contribution in [0.4, 0.5) is 5.13 Å². The summed E-state index contributed by atoms with van der Waals surface area (Å²) in [6.45, 7) is 6.53. The largest absolute Gasteiger partial charge is 0.481 e. The van der Waals surface area contributed by atoms with Gasteiger partial charge in [-0.3, -0.25) is 4.79 Å². The SMILES string of the molecule is Cc1csc(N(CCC(=O)O)C(C)C)n1. The second-order valence-electron chi connectivity index (χ2n) is 3.70. The van der Waals surface area contributed by atoms with Crippen molar-refractivity contribution < 1.29 is 9.90 Å². The van der Waals surface area contributed by atoms with Gasteiger partial charge in [0.1, 0.15) is 0 Å². The number of anilines is 1. The van der Waals surface area contributed by atoms with E-state index < -0.39 is 5.97 Å². The molecule has 4 nitrogen and oxygen atoms in total. The zero-order valence-electron chi connectivity index (χ0n) is 9.23. The first-order valence-electron chi connectivity index (χ1n) is 4.91. The lowest BCUT2D eigenvalue weighted by atomic mass is 10.3. The number of aliphatic carboxylic acids is 1. The van der Waals surface area contributed by atoms with Crippen LogP contribution in [0, 0.1) is 6.92 Å². The van der Waals surface area contributed by atoms with Gasteiger partial charge in [-0.2, -0.15) is 0 Å². The van der Waals surface area contributed by atoms with Gasteiger partial charge in [-0.05, 0) is 20.8 Å². The number of hydrogen-bond acceptors (Lipinski definition) is 4. The molecule has 1 N–H and O–H groups in total. The Bertz CT molecular complexity index is 336. The van der Waals surface area contributed by atoms with E-state index in [9.17, 15) is 4.79 Å². The topological polar surface area (TPSA) is 53.4 Å². The smallest absolute Gasteiger partial charge is 0.305 e. The first-order chi connectivity index (χ1) is 7.00. The Labute approximate surface area is 93.6 Å². The van der Waals surface area contributed by atoms with Crippen LogP contribution in [0.3, 0.4) is 0 Å². The Morgan fingerprint density at radius 2 is 2.33 bits per heavy atom. The number of carboxylic acids is 1. The van der Waals surface area contributed by atoms with Gasteiger partial charge < -0.3 is 10.0 Å². The second kappa shape index (κ2) is 5.11. The van der Waals surface area contributed by atoms with Gasteiger partial charge in [-0.25, -0.2) is 4.98 Å². The molecule has 0 aliphatic carbocycles. The van der Waals surface area contributed by atoms with E-state index in [2.05, 4.69) is 4.98 Å². The third kappa shape index (κ3) is 3.51. The maximum absolute atomic E-state index is 10.5. The number of aromatic nitrogens is 1. The highest BCUT2D eigenvalue weighted by atomic mass is 32.1. The van der Waals surface area contributed by atoms with Gasteiger partial charge in [0.2, 0.25) is 0 Å². The van der Waals surface area contributed by atoms with E-state index in [0.717, 1.165) is 10.8 Å². The van der Waals surface area contributed by atoms with Gasteiger partial charge in [0.05, 0.1) is 12.1 Å². The third-order valence-electron chi connectivity index (χ3n) is 2.04. The molecule has 0 saturated carbocycles. The van der Waals surface area contributed by atoms with Crippen LogP contribution < -0.4 is 4.90 Å². The average Bonchev–Trinajstić information content (AvgIpc) is 2.51. The molecule has 0 aromatic carbocycles. The third-order valence-corrected chi connectivity index (χ3v) is 3.04. The van der Waals surface area contributed by atoms with Crippen molar-refractivity contribution in [1.29, 1.82) is 0 Å². The van der Waals surface area contributed by atoms with Gasteiger partial charge in [0.25, 0.3) is 0 Å². The van der Waals surface area contributed by atoms with Crippen molar-refractivity contribution in [1.82, 2.24) is 4.98 Å². The van der Waals surface area contributed by atoms with Crippen molar-refractivity contribution in [2.45, 2.75) is 33.2 Å². The molecule has 0 aliphatic heterocycles. The fraction of sp³-hybridized carbons (Fsp3) is 0.600. The fourth-order valence-corrected chi connectivity index (χ4v) is 2.23. The summed E-state index contributed by atoms with van der Waals surface area (Å²) in [4.78, 5) is 16.9. The van der Waals surface area contributed by atoms with Crippen LogP contribution in [0.25, 0.3) is 0 Å². The van der Waals surface area contributed by atoms with Crippen molar-refractivity contribution in [3.63, 3.8) is 0 Å². The van der Waals surface area contributed by atoms with Crippen molar-refractivity contribution in [2.75, 3.05) is 11.4 Å². The molecule has 0 unspecified atom stereocenters. The molecular weight excluding hydrogens is 212 g/mol. The van der Waals surface area contributed by atoms with Crippen molar-refractivity contribution in [3.8, 4) is 0 Å². The van der Waals surface area contributed by atoms with E-state index in [-0.39, 0.29) is 12.5 Å². The Hall–Kier alpha value is -1.10. The molecule has 0 amide bonds. The van der Waals surface area contributed by atoms with Gasteiger partial charge in [0.15, 0.2) is 5.13 Å². The van der Waals surface area contributed by atoms with Gasteiger partial charge in [0, 0.05) is 18.0 Å². The van der Waals surface area contributed by atoms with Crippen LogP contribution in [0.5, 0.6) is 0 Å². The van der Waals surface area contributed by atoms with Gasteiger partial charge in [-0.15, -0.1) is 11.3 Å². The number of hydrogen-bond donors (Lipinski definition) is 1. The minimum atomic E-state index is -0.770. The highest BCUT2D eigenvalue weighted by Gasteiger charge is 2.14. The van der Waals surface area contributed by atoms with Crippen LogP contribution in [0.15, 0.2) is 5.38 Å². The lowest BCUT2D eigenvalue weighted by Gasteiger charge is -2.25.